The number of amidine groups is 1. The molecule has 1 aliphatic carbocycles. The molecule has 1 spiro atoms. The number of sulfonamides is 1. The van der Waals surface area contributed by atoms with Crippen molar-refractivity contribution >= 4 is 27.8 Å². The molecule has 0 atom stereocenters. The Bertz CT molecular complexity index is 1030. The summed E-state index contributed by atoms with van der Waals surface area (Å²) in [6.07, 6.45) is 6.89. The molecule has 7 nitrogen and oxygen atoms in total. The van der Waals surface area contributed by atoms with Crippen LogP contribution in [0, 0.1) is 18.8 Å². The molecule has 1 aromatic rings. The highest BCUT2D eigenvalue weighted by atomic mass is 32.2. The van der Waals surface area contributed by atoms with E-state index in [1.807, 2.05) is 25.1 Å². The molecule has 1 saturated heterocycles. The minimum atomic E-state index is -3.59. The monoisotopic (exact) mass is 459 g/mol. The van der Waals surface area contributed by atoms with E-state index in [1.54, 1.807) is 13.2 Å². The van der Waals surface area contributed by atoms with Crippen LogP contribution < -0.4 is 10.1 Å². The second-order valence-electron chi connectivity index (χ2n) is 9.36. The number of hydrogen-bond donors (Lipinski definition) is 1. The molecule has 32 heavy (non-hydrogen) atoms. The molecular formula is C24H33N3O4S. The van der Waals surface area contributed by atoms with E-state index < -0.39 is 15.6 Å². The number of rotatable bonds is 5. The Hall–Kier alpha value is -2.19. The molecule has 174 valence electrons. The third-order valence-electron chi connectivity index (χ3n) is 7.28. The molecular weight excluding hydrogens is 426 g/mol. The van der Waals surface area contributed by atoms with Crippen LogP contribution in [-0.2, 0) is 14.8 Å². The lowest BCUT2D eigenvalue weighted by molar-refractivity contribution is -0.124. The predicted molar refractivity (Wildman–Crippen MR) is 126 cm³/mol. The number of piperidine rings is 1. The lowest BCUT2D eigenvalue weighted by atomic mass is 9.82. The first-order valence-electron chi connectivity index (χ1n) is 11.5. The van der Waals surface area contributed by atoms with Gasteiger partial charge in [-0.15, -0.1) is 0 Å². The maximum absolute atomic E-state index is 12.9. The summed E-state index contributed by atoms with van der Waals surface area (Å²) in [6.45, 7) is 4.75. The van der Waals surface area contributed by atoms with E-state index in [1.165, 1.54) is 9.71 Å². The molecule has 3 aliphatic rings. The summed E-state index contributed by atoms with van der Waals surface area (Å²) in [4.78, 5) is 17.7. The van der Waals surface area contributed by atoms with E-state index in [9.17, 15) is 13.2 Å². The maximum Gasteiger partial charge on any atom is 0.253 e. The van der Waals surface area contributed by atoms with Crippen LogP contribution in [-0.4, -0.2) is 50.2 Å². The molecule has 0 radical (unpaired) electrons. The van der Waals surface area contributed by atoms with Gasteiger partial charge < -0.3 is 10.1 Å². The summed E-state index contributed by atoms with van der Waals surface area (Å²) < 4.78 is 32.6. The second-order valence-corrected chi connectivity index (χ2v) is 11.2. The Morgan fingerprint density at radius 2 is 1.88 bits per heavy atom. The van der Waals surface area contributed by atoms with Gasteiger partial charge in [0.15, 0.2) is 0 Å². The summed E-state index contributed by atoms with van der Waals surface area (Å²) >= 11 is 0. The van der Waals surface area contributed by atoms with Crippen molar-refractivity contribution in [3.63, 3.8) is 0 Å². The lowest BCUT2D eigenvalue weighted by Gasteiger charge is -2.34. The third kappa shape index (κ3) is 4.48. The highest BCUT2D eigenvalue weighted by Gasteiger charge is 2.48. The van der Waals surface area contributed by atoms with Gasteiger partial charge in [-0.1, -0.05) is 31.9 Å². The average molecular weight is 460 g/mol. The fourth-order valence-electron chi connectivity index (χ4n) is 5.00. The van der Waals surface area contributed by atoms with Crippen molar-refractivity contribution in [2.45, 2.75) is 57.9 Å². The predicted octanol–water partition coefficient (Wildman–Crippen LogP) is 3.49. The number of hydrogen-bond acceptors (Lipinski definition) is 5. The Morgan fingerprint density at radius 3 is 2.53 bits per heavy atom. The van der Waals surface area contributed by atoms with Gasteiger partial charge in [-0.05, 0) is 61.8 Å². The number of amides is 1. The van der Waals surface area contributed by atoms with Crippen LogP contribution in [0.2, 0.25) is 0 Å². The van der Waals surface area contributed by atoms with Gasteiger partial charge in [0.25, 0.3) is 5.91 Å². The highest BCUT2D eigenvalue weighted by molar-refractivity contribution is 7.92. The van der Waals surface area contributed by atoms with Crippen molar-refractivity contribution < 1.29 is 17.9 Å². The van der Waals surface area contributed by atoms with Gasteiger partial charge in [-0.3, -0.25) is 9.79 Å². The molecule has 2 aliphatic heterocycles. The molecule has 0 unspecified atom stereocenters. The molecule has 1 amide bonds. The Morgan fingerprint density at radius 1 is 1.19 bits per heavy atom. The molecule has 1 N–H and O–H groups in total. The quantitative estimate of drug-likeness (QED) is 0.730. The van der Waals surface area contributed by atoms with Crippen LogP contribution in [0.15, 0.2) is 28.6 Å². The first kappa shape index (κ1) is 23.0. The molecule has 8 heteroatoms. The zero-order valence-electron chi connectivity index (χ0n) is 19.1. The van der Waals surface area contributed by atoms with Gasteiger partial charge in [0, 0.05) is 24.4 Å². The first-order chi connectivity index (χ1) is 15.2. The minimum Gasteiger partial charge on any atom is -0.496 e. The van der Waals surface area contributed by atoms with Crippen LogP contribution in [0.1, 0.15) is 56.6 Å². The van der Waals surface area contributed by atoms with E-state index >= 15 is 0 Å². The van der Waals surface area contributed by atoms with Crippen molar-refractivity contribution in [2.75, 3.05) is 20.2 Å². The van der Waals surface area contributed by atoms with Gasteiger partial charge in [0.2, 0.25) is 10.0 Å². The van der Waals surface area contributed by atoms with Crippen molar-refractivity contribution in [1.29, 1.82) is 0 Å². The van der Waals surface area contributed by atoms with E-state index in [4.69, 9.17) is 9.73 Å². The zero-order chi connectivity index (χ0) is 22.9. The van der Waals surface area contributed by atoms with E-state index in [-0.39, 0.29) is 19.0 Å². The Kier molecular flexibility index (Phi) is 6.45. The maximum atomic E-state index is 12.9. The van der Waals surface area contributed by atoms with Gasteiger partial charge in [0.05, 0.1) is 7.11 Å². The second kappa shape index (κ2) is 8.98. The Labute approximate surface area is 191 Å². The minimum absolute atomic E-state index is 0.0642. The number of carbonyl (C=O) groups excluding carboxylic acids is 1. The van der Waals surface area contributed by atoms with E-state index in [0.717, 1.165) is 54.3 Å². The van der Waals surface area contributed by atoms with Gasteiger partial charge in [-0.2, -0.15) is 4.31 Å². The van der Waals surface area contributed by atoms with Crippen molar-refractivity contribution in [2.24, 2.45) is 16.8 Å². The normalized spacial score (nSPS) is 26.3. The number of benzene rings is 1. The summed E-state index contributed by atoms with van der Waals surface area (Å²) in [6, 6.07) is 5.55. The van der Waals surface area contributed by atoms with Gasteiger partial charge >= 0.3 is 0 Å². The SMILES string of the molecule is COc1cccc(/C=C/S(=O)(=O)N2CCC3(CC2)N=C(C2CCC(C)CC2)NC3=O)c1C. The first-order valence-corrected chi connectivity index (χ1v) is 13.0. The number of ether oxygens (including phenoxy) is 1. The van der Waals surface area contributed by atoms with Crippen LogP contribution >= 0.6 is 0 Å². The number of nitrogens with zero attached hydrogens (tertiary/aromatic N) is 2. The summed E-state index contributed by atoms with van der Waals surface area (Å²) in [5.41, 5.74) is 0.880. The lowest BCUT2D eigenvalue weighted by Crippen LogP contribution is -2.50. The highest BCUT2D eigenvalue weighted by Crippen LogP contribution is 2.36. The van der Waals surface area contributed by atoms with Crippen molar-refractivity contribution in [3.05, 3.63) is 34.7 Å². The number of carbonyl (C=O) groups is 1. The molecule has 1 aromatic carbocycles. The largest absolute Gasteiger partial charge is 0.496 e. The van der Waals surface area contributed by atoms with Gasteiger partial charge in [0.1, 0.15) is 17.1 Å². The van der Waals surface area contributed by atoms with E-state index in [0.29, 0.717) is 18.8 Å². The molecule has 2 heterocycles. The molecule has 0 aromatic heterocycles. The summed E-state index contributed by atoms with van der Waals surface area (Å²) in [5, 5.41) is 4.28. The van der Waals surface area contributed by atoms with Crippen molar-refractivity contribution in [1.82, 2.24) is 9.62 Å². The molecule has 1 saturated carbocycles. The summed E-state index contributed by atoms with van der Waals surface area (Å²) in [7, 11) is -1.99. The van der Waals surface area contributed by atoms with Crippen LogP contribution in [0.25, 0.3) is 6.08 Å². The number of methoxy groups -OCH3 is 1. The van der Waals surface area contributed by atoms with Crippen LogP contribution in [0.4, 0.5) is 0 Å². The third-order valence-corrected chi connectivity index (χ3v) is 8.84. The Balaban J connectivity index is 1.43. The van der Waals surface area contributed by atoms with Crippen LogP contribution in [0.5, 0.6) is 5.75 Å². The smallest absolute Gasteiger partial charge is 0.253 e. The molecule has 2 fully saturated rings. The zero-order valence-corrected chi connectivity index (χ0v) is 20.0. The summed E-state index contributed by atoms with van der Waals surface area (Å²) in [5.74, 6) is 2.54. The van der Waals surface area contributed by atoms with Crippen LogP contribution in [0.3, 0.4) is 0 Å². The average Bonchev–Trinajstić information content (AvgIpc) is 3.09. The fraction of sp³-hybridized carbons (Fsp3) is 0.583. The number of aliphatic imine (C=N–C) groups is 1. The molecule has 0 bridgehead atoms. The topological polar surface area (TPSA) is 88.1 Å². The number of nitrogens with one attached hydrogen (secondary N) is 1. The van der Waals surface area contributed by atoms with Crippen molar-refractivity contribution in [3.8, 4) is 5.75 Å². The standard InChI is InChI=1S/C24H33N3O4S/c1-17-7-9-20(10-8-17)22-25-23(28)24(26-22)12-14-27(15-13-24)32(29,30)16-11-19-5-4-6-21(31-3)18(19)2/h4-6,11,16-17,20H,7-10,12-15H2,1-3H3,(H,25,26,28)/b16-11+. The molecule has 4 rings (SSSR count). The fourth-order valence-corrected chi connectivity index (χ4v) is 6.18. The van der Waals surface area contributed by atoms with Gasteiger partial charge in [-0.25, -0.2) is 8.42 Å². The van der Waals surface area contributed by atoms with E-state index in [2.05, 4.69) is 12.2 Å².